The molecule has 8 heteroatoms. The number of benzene rings is 2. The molecule has 0 aromatic heterocycles. The molecule has 0 bridgehead atoms. The molecule has 0 atom stereocenters. The predicted octanol–water partition coefficient (Wildman–Crippen LogP) is 1.90. The number of carbonyl (C=O) groups is 1. The number of hydrogen-bond acceptors (Lipinski definition) is 5. The normalized spacial score (nSPS) is 15.2. The summed E-state index contributed by atoms with van der Waals surface area (Å²) in [4.78, 5) is 14.6. The molecule has 0 unspecified atom stereocenters. The van der Waals surface area contributed by atoms with Crippen molar-refractivity contribution in [3.63, 3.8) is 0 Å². The minimum absolute atomic E-state index is 0.0756. The van der Waals surface area contributed by atoms with Gasteiger partial charge in [-0.05, 0) is 30.3 Å². The Hall–Kier alpha value is -2.74. The van der Waals surface area contributed by atoms with Crippen LogP contribution in [0.25, 0.3) is 0 Å². The minimum Gasteiger partial charge on any atom is -0.465 e. The first-order chi connectivity index (χ1) is 11.9. The van der Waals surface area contributed by atoms with Crippen molar-refractivity contribution in [3.05, 3.63) is 48.5 Å². The Morgan fingerprint density at radius 1 is 1.00 bits per heavy atom. The zero-order valence-corrected chi connectivity index (χ0v) is 14.3. The van der Waals surface area contributed by atoms with Crippen LogP contribution in [0.5, 0.6) is 0 Å². The molecule has 1 saturated heterocycles. The van der Waals surface area contributed by atoms with Crippen molar-refractivity contribution < 1.29 is 18.3 Å². The van der Waals surface area contributed by atoms with Gasteiger partial charge in [0.25, 0.3) is 0 Å². The van der Waals surface area contributed by atoms with Crippen LogP contribution >= 0.6 is 0 Å². The van der Waals surface area contributed by atoms with Gasteiger partial charge in [-0.15, -0.1) is 0 Å². The van der Waals surface area contributed by atoms with Crippen LogP contribution in [0.4, 0.5) is 16.2 Å². The Balaban J connectivity index is 1.84. The van der Waals surface area contributed by atoms with Crippen LogP contribution in [0.1, 0.15) is 0 Å². The summed E-state index contributed by atoms with van der Waals surface area (Å²) in [7, 11) is -3.67. The largest absolute Gasteiger partial charge is 0.465 e. The lowest BCUT2D eigenvalue weighted by molar-refractivity contribution is 0.142. The number of rotatable bonds is 3. The minimum atomic E-state index is -3.67. The average Bonchev–Trinajstić information content (AvgIpc) is 2.62. The number of amides is 1. The maximum absolute atomic E-state index is 12.7. The maximum atomic E-state index is 12.7. The molecular weight excluding hydrogens is 342 g/mol. The monoisotopic (exact) mass is 361 g/mol. The van der Waals surface area contributed by atoms with Crippen molar-refractivity contribution >= 4 is 27.3 Å². The van der Waals surface area contributed by atoms with Gasteiger partial charge in [0.2, 0.25) is 9.84 Å². The summed E-state index contributed by atoms with van der Waals surface area (Å²) in [5, 5.41) is 8.99. The van der Waals surface area contributed by atoms with Gasteiger partial charge in [-0.25, -0.2) is 13.2 Å². The first kappa shape index (κ1) is 17.1. The molecule has 1 amide bonds. The Kier molecular flexibility index (Phi) is 4.54. The first-order valence-corrected chi connectivity index (χ1v) is 9.30. The third kappa shape index (κ3) is 3.39. The highest BCUT2D eigenvalue weighted by Gasteiger charge is 2.23. The van der Waals surface area contributed by atoms with Crippen molar-refractivity contribution in [1.82, 2.24) is 4.90 Å². The van der Waals surface area contributed by atoms with Gasteiger partial charge in [0.05, 0.1) is 15.5 Å². The Labute approximate surface area is 146 Å². The van der Waals surface area contributed by atoms with Crippen molar-refractivity contribution in [1.29, 1.82) is 0 Å². The van der Waals surface area contributed by atoms with E-state index in [0.717, 1.165) is 5.69 Å². The second kappa shape index (κ2) is 6.64. The molecule has 3 N–H and O–H groups in total. The summed E-state index contributed by atoms with van der Waals surface area (Å²) in [6, 6.07) is 13.0. The SMILES string of the molecule is Nc1cc(N2CCN(C(=O)O)CC2)ccc1S(=O)(=O)c1ccccc1. The highest BCUT2D eigenvalue weighted by Crippen LogP contribution is 2.29. The summed E-state index contributed by atoms with van der Waals surface area (Å²) in [6.45, 7) is 1.88. The third-order valence-corrected chi connectivity index (χ3v) is 6.10. The van der Waals surface area contributed by atoms with Gasteiger partial charge in [0, 0.05) is 31.9 Å². The van der Waals surface area contributed by atoms with E-state index >= 15 is 0 Å². The zero-order valence-electron chi connectivity index (χ0n) is 13.5. The summed E-state index contributed by atoms with van der Waals surface area (Å²) in [5.74, 6) is 0. The summed E-state index contributed by atoms with van der Waals surface area (Å²) in [5.41, 5.74) is 6.99. The Bertz CT molecular complexity index is 876. The van der Waals surface area contributed by atoms with Crippen molar-refractivity contribution in [2.45, 2.75) is 9.79 Å². The quantitative estimate of drug-likeness (QED) is 0.809. The number of piperazine rings is 1. The van der Waals surface area contributed by atoms with Crippen LogP contribution in [0.3, 0.4) is 0 Å². The Morgan fingerprint density at radius 3 is 2.20 bits per heavy atom. The molecule has 2 aromatic rings. The van der Waals surface area contributed by atoms with Crippen molar-refractivity contribution in [2.24, 2.45) is 0 Å². The molecule has 2 aromatic carbocycles. The van der Waals surface area contributed by atoms with Gasteiger partial charge in [-0.2, -0.15) is 0 Å². The predicted molar refractivity (Wildman–Crippen MR) is 94.6 cm³/mol. The van der Waals surface area contributed by atoms with Crippen LogP contribution in [-0.4, -0.2) is 50.7 Å². The zero-order chi connectivity index (χ0) is 18.0. The topological polar surface area (TPSA) is 104 Å². The summed E-state index contributed by atoms with van der Waals surface area (Å²) >= 11 is 0. The number of carboxylic acid groups (broad SMARTS) is 1. The van der Waals surface area contributed by atoms with E-state index in [1.54, 1.807) is 30.3 Å². The van der Waals surface area contributed by atoms with Gasteiger partial charge in [-0.3, -0.25) is 0 Å². The molecule has 7 nitrogen and oxygen atoms in total. The summed E-state index contributed by atoms with van der Waals surface area (Å²) < 4.78 is 25.4. The smallest absolute Gasteiger partial charge is 0.407 e. The number of nitrogens with zero attached hydrogens (tertiary/aromatic N) is 2. The number of nitrogens with two attached hydrogens (primary N) is 1. The lowest BCUT2D eigenvalue weighted by Crippen LogP contribution is -2.48. The molecule has 0 radical (unpaired) electrons. The van der Waals surface area contributed by atoms with Gasteiger partial charge in [0.1, 0.15) is 0 Å². The van der Waals surface area contributed by atoms with E-state index in [-0.39, 0.29) is 15.5 Å². The van der Waals surface area contributed by atoms with Crippen LogP contribution in [-0.2, 0) is 9.84 Å². The van der Waals surface area contributed by atoms with Crippen molar-refractivity contribution in [2.75, 3.05) is 36.8 Å². The molecule has 0 saturated carbocycles. The second-order valence-corrected chi connectivity index (χ2v) is 7.71. The van der Waals surface area contributed by atoms with E-state index in [1.165, 1.54) is 23.1 Å². The molecule has 0 spiro atoms. The van der Waals surface area contributed by atoms with E-state index in [0.29, 0.717) is 26.2 Å². The van der Waals surface area contributed by atoms with Crippen LogP contribution in [0.2, 0.25) is 0 Å². The van der Waals surface area contributed by atoms with Gasteiger partial charge in [-0.1, -0.05) is 18.2 Å². The molecule has 1 aliphatic heterocycles. The number of nitrogen functional groups attached to an aromatic ring is 1. The van der Waals surface area contributed by atoms with E-state index < -0.39 is 15.9 Å². The van der Waals surface area contributed by atoms with Gasteiger partial charge >= 0.3 is 6.09 Å². The van der Waals surface area contributed by atoms with Crippen LogP contribution in [0, 0.1) is 0 Å². The lowest BCUT2D eigenvalue weighted by atomic mass is 10.2. The van der Waals surface area contributed by atoms with E-state index in [2.05, 4.69) is 0 Å². The first-order valence-electron chi connectivity index (χ1n) is 7.82. The Morgan fingerprint density at radius 2 is 1.64 bits per heavy atom. The highest BCUT2D eigenvalue weighted by molar-refractivity contribution is 7.91. The number of sulfone groups is 1. The number of hydrogen-bond donors (Lipinski definition) is 2. The van der Waals surface area contributed by atoms with Gasteiger partial charge in [0.15, 0.2) is 0 Å². The van der Waals surface area contributed by atoms with E-state index in [9.17, 15) is 13.2 Å². The third-order valence-electron chi connectivity index (χ3n) is 4.25. The molecule has 0 aliphatic carbocycles. The molecule has 3 rings (SSSR count). The summed E-state index contributed by atoms with van der Waals surface area (Å²) in [6.07, 6.45) is -0.927. The standard InChI is InChI=1S/C17H19N3O4S/c18-15-12-13(19-8-10-20(11-9-19)17(21)22)6-7-16(15)25(23,24)14-4-2-1-3-5-14/h1-7,12H,8-11,18H2,(H,21,22). The molecule has 1 fully saturated rings. The molecule has 1 aliphatic rings. The fourth-order valence-corrected chi connectivity index (χ4v) is 4.25. The molecule has 132 valence electrons. The van der Waals surface area contributed by atoms with Crippen molar-refractivity contribution in [3.8, 4) is 0 Å². The fourth-order valence-electron chi connectivity index (χ4n) is 2.86. The van der Waals surface area contributed by atoms with Crippen LogP contribution in [0.15, 0.2) is 58.3 Å². The fraction of sp³-hybridized carbons (Fsp3) is 0.235. The van der Waals surface area contributed by atoms with E-state index in [1.807, 2.05) is 4.90 Å². The lowest BCUT2D eigenvalue weighted by Gasteiger charge is -2.34. The highest BCUT2D eigenvalue weighted by atomic mass is 32.2. The molecular formula is C17H19N3O4S. The maximum Gasteiger partial charge on any atom is 0.407 e. The molecule has 25 heavy (non-hydrogen) atoms. The van der Waals surface area contributed by atoms with Crippen LogP contribution < -0.4 is 10.6 Å². The van der Waals surface area contributed by atoms with E-state index in [4.69, 9.17) is 10.8 Å². The number of anilines is 2. The average molecular weight is 361 g/mol. The van der Waals surface area contributed by atoms with Gasteiger partial charge < -0.3 is 20.6 Å². The molecule has 1 heterocycles. The second-order valence-electron chi connectivity index (χ2n) is 5.80.